The van der Waals surface area contributed by atoms with Crippen LogP contribution in [0.2, 0.25) is 0 Å². The molecular weight excluding hydrogens is 162 g/mol. The van der Waals surface area contributed by atoms with Gasteiger partial charge in [-0.05, 0) is 51.5 Å². The molecule has 1 N–H and O–H groups in total. The summed E-state index contributed by atoms with van der Waals surface area (Å²) in [5.74, 6) is 0.847. The van der Waals surface area contributed by atoms with Gasteiger partial charge in [-0.1, -0.05) is 0 Å². The van der Waals surface area contributed by atoms with Crippen LogP contribution >= 0.6 is 0 Å². The van der Waals surface area contributed by atoms with Gasteiger partial charge in [-0.2, -0.15) is 0 Å². The lowest BCUT2D eigenvalue weighted by Gasteiger charge is -2.24. The molecule has 1 aliphatic heterocycles. The van der Waals surface area contributed by atoms with Crippen molar-refractivity contribution in [3.63, 3.8) is 0 Å². The Balaban J connectivity index is 1.66. The van der Waals surface area contributed by atoms with Gasteiger partial charge in [0.15, 0.2) is 0 Å². The number of hydrogen-bond acceptors (Lipinski definition) is 2. The van der Waals surface area contributed by atoms with Crippen molar-refractivity contribution in [2.45, 2.75) is 44.1 Å². The fraction of sp³-hybridized carbons (Fsp3) is 1.00. The van der Waals surface area contributed by atoms with Crippen LogP contribution in [0.3, 0.4) is 0 Å². The zero-order valence-electron chi connectivity index (χ0n) is 8.64. The largest absolute Gasteiger partial charge is 0.381 e. The molecule has 1 unspecified atom stereocenters. The first kappa shape index (κ1) is 9.47. The van der Waals surface area contributed by atoms with E-state index in [1.54, 1.807) is 0 Å². The molecule has 1 saturated carbocycles. The Bertz CT molecular complexity index is 159. The summed E-state index contributed by atoms with van der Waals surface area (Å²) in [6, 6.07) is 0. The van der Waals surface area contributed by atoms with E-state index in [9.17, 15) is 0 Å². The molecule has 76 valence electrons. The molecule has 0 spiro atoms. The third-order valence-corrected chi connectivity index (χ3v) is 3.67. The van der Waals surface area contributed by atoms with Gasteiger partial charge >= 0.3 is 0 Å². The summed E-state index contributed by atoms with van der Waals surface area (Å²) < 4.78 is 5.48. The Morgan fingerprint density at radius 2 is 2.31 bits per heavy atom. The van der Waals surface area contributed by atoms with Gasteiger partial charge in [0.05, 0.1) is 0 Å². The molecule has 2 heteroatoms. The lowest BCUT2D eigenvalue weighted by atomic mass is 9.94. The van der Waals surface area contributed by atoms with Crippen LogP contribution in [0.5, 0.6) is 0 Å². The summed E-state index contributed by atoms with van der Waals surface area (Å²) in [5.41, 5.74) is 0.539. The van der Waals surface area contributed by atoms with Crippen molar-refractivity contribution >= 4 is 0 Å². The highest BCUT2D eigenvalue weighted by molar-refractivity contribution is 5.00. The van der Waals surface area contributed by atoms with Crippen LogP contribution in [0.4, 0.5) is 0 Å². The van der Waals surface area contributed by atoms with Gasteiger partial charge in [-0.3, -0.25) is 0 Å². The third kappa shape index (κ3) is 2.44. The Labute approximate surface area is 81.0 Å². The maximum Gasteiger partial charge on any atom is 0.0494 e. The molecular formula is C11H21NO. The summed E-state index contributed by atoms with van der Waals surface area (Å²) >= 11 is 0. The molecule has 0 aromatic heterocycles. The van der Waals surface area contributed by atoms with Crippen LogP contribution in [0, 0.1) is 5.92 Å². The van der Waals surface area contributed by atoms with Gasteiger partial charge in [-0.25, -0.2) is 0 Å². The molecule has 2 aliphatic rings. The van der Waals surface area contributed by atoms with Crippen molar-refractivity contribution in [1.29, 1.82) is 0 Å². The predicted molar refractivity (Wildman–Crippen MR) is 53.8 cm³/mol. The molecule has 0 amide bonds. The topological polar surface area (TPSA) is 21.3 Å². The quantitative estimate of drug-likeness (QED) is 0.719. The number of rotatable bonds is 4. The van der Waals surface area contributed by atoms with Crippen molar-refractivity contribution < 1.29 is 4.74 Å². The van der Waals surface area contributed by atoms with Crippen LogP contribution in [-0.2, 0) is 4.74 Å². The standard InChI is InChI=1S/C11H21NO/c1-12-11(6-7-11)5-4-10-3-2-8-13-9-10/h10,12H,2-9H2,1H3. The van der Waals surface area contributed by atoms with Gasteiger partial charge in [-0.15, -0.1) is 0 Å². The summed E-state index contributed by atoms with van der Waals surface area (Å²) in [6.07, 6.45) is 8.16. The van der Waals surface area contributed by atoms with Crippen LogP contribution in [0.15, 0.2) is 0 Å². The summed E-state index contributed by atoms with van der Waals surface area (Å²) in [6.45, 7) is 2.01. The Hall–Kier alpha value is -0.0800. The van der Waals surface area contributed by atoms with Gasteiger partial charge < -0.3 is 10.1 Å². The van der Waals surface area contributed by atoms with E-state index in [0.29, 0.717) is 5.54 Å². The molecule has 13 heavy (non-hydrogen) atoms. The Morgan fingerprint density at radius 1 is 1.46 bits per heavy atom. The first-order valence-corrected chi connectivity index (χ1v) is 5.61. The second-order valence-electron chi connectivity index (χ2n) is 4.65. The molecule has 1 saturated heterocycles. The van der Waals surface area contributed by atoms with Gasteiger partial charge in [0, 0.05) is 18.8 Å². The summed E-state index contributed by atoms with van der Waals surface area (Å²) in [7, 11) is 2.10. The molecule has 1 atom stereocenters. The second kappa shape index (κ2) is 3.97. The van der Waals surface area contributed by atoms with E-state index in [2.05, 4.69) is 12.4 Å². The lowest BCUT2D eigenvalue weighted by Crippen LogP contribution is -2.29. The molecule has 0 aromatic carbocycles. The van der Waals surface area contributed by atoms with Crippen molar-refractivity contribution in [1.82, 2.24) is 5.32 Å². The monoisotopic (exact) mass is 183 g/mol. The molecule has 0 bridgehead atoms. The zero-order valence-corrected chi connectivity index (χ0v) is 8.64. The minimum atomic E-state index is 0.539. The molecule has 0 radical (unpaired) electrons. The van der Waals surface area contributed by atoms with Crippen molar-refractivity contribution in [2.24, 2.45) is 5.92 Å². The second-order valence-corrected chi connectivity index (χ2v) is 4.65. The van der Waals surface area contributed by atoms with Gasteiger partial charge in [0.25, 0.3) is 0 Å². The fourth-order valence-corrected chi connectivity index (χ4v) is 2.29. The van der Waals surface area contributed by atoms with E-state index in [4.69, 9.17) is 4.74 Å². The maximum absolute atomic E-state index is 5.48. The highest BCUT2D eigenvalue weighted by Gasteiger charge is 2.40. The minimum absolute atomic E-state index is 0.539. The molecule has 2 nitrogen and oxygen atoms in total. The molecule has 1 aliphatic carbocycles. The molecule has 1 heterocycles. The van der Waals surface area contributed by atoms with Crippen molar-refractivity contribution in [3.8, 4) is 0 Å². The zero-order chi connectivity index (χ0) is 9.15. The maximum atomic E-state index is 5.48. The summed E-state index contributed by atoms with van der Waals surface area (Å²) in [4.78, 5) is 0. The SMILES string of the molecule is CNC1(CCC2CCCOC2)CC1. The summed E-state index contributed by atoms with van der Waals surface area (Å²) in [5, 5.41) is 3.45. The molecule has 0 aromatic rings. The van der Waals surface area contributed by atoms with Crippen molar-refractivity contribution in [3.05, 3.63) is 0 Å². The first-order valence-electron chi connectivity index (χ1n) is 5.61. The highest BCUT2D eigenvalue weighted by atomic mass is 16.5. The number of ether oxygens (including phenoxy) is 1. The van der Waals surface area contributed by atoms with Crippen LogP contribution in [0.1, 0.15) is 38.5 Å². The number of nitrogens with one attached hydrogen (secondary N) is 1. The average molecular weight is 183 g/mol. The predicted octanol–water partition coefficient (Wildman–Crippen LogP) is 1.95. The van der Waals surface area contributed by atoms with Crippen LogP contribution in [-0.4, -0.2) is 25.8 Å². The Kier molecular flexibility index (Phi) is 2.89. The van der Waals surface area contributed by atoms with E-state index in [-0.39, 0.29) is 0 Å². The first-order chi connectivity index (χ1) is 6.35. The highest BCUT2D eigenvalue weighted by Crippen LogP contribution is 2.40. The van der Waals surface area contributed by atoms with Gasteiger partial charge in [0.2, 0.25) is 0 Å². The molecule has 2 rings (SSSR count). The smallest absolute Gasteiger partial charge is 0.0494 e. The third-order valence-electron chi connectivity index (χ3n) is 3.67. The van der Waals surface area contributed by atoms with E-state index in [1.165, 1.54) is 38.5 Å². The van der Waals surface area contributed by atoms with Crippen LogP contribution in [0.25, 0.3) is 0 Å². The van der Waals surface area contributed by atoms with E-state index in [1.807, 2.05) is 0 Å². The van der Waals surface area contributed by atoms with Gasteiger partial charge in [0.1, 0.15) is 0 Å². The van der Waals surface area contributed by atoms with Crippen LogP contribution < -0.4 is 5.32 Å². The minimum Gasteiger partial charge on any atom is -0.381 e. The fourth-order valence-electron chi connectivity index (χ4n) is 2.29. The van der Waals surface area contributed by atoms with Crippen molar-refractivity contribution in [2.75, 3.05) is 20.3 Å². The Morgan fingerprint density at radius 3 is 2.85 bits per heavy atom. The van der Waals surface area contributed by atoms with E-state index in [0.717, 1.165) is 19.1 Å². The average Bonchev–Trinajstić information content (AvgIpc) is 2.97. The van der Waals surface area contributed by atoms with E-state index >= 15 is 0 Å². The normalized spacial score (nSPS) is 31.6. The molecule has 2 fully saturated rings. The lowest BCUT2D eigenvalue weighted by molar-refractivity contribution is 0.0496. The van der Waals surface area contributed by atoms with E-state index < -0.39 is 0 Å². The number of hydrogen-bond donors (Lipinski definition) is 1.